The van der Waals surface area contributed by atoms with Crippen molar-refractivity contribution in [1.82, 2.24) is 0 Å². The van der Waals surface area contributed by atoms with E-state index in [0.29, 0.717) is 42.7 Å². The first-order valence-electron chi connectivity index (χ1n) is 10.1. The number of nitrogens with zero attached hydrogens (tertiary/aromatic N) is 2. The molecule has 31 heavy (non-hydrogen) atoms. The molecule has 1 aliphatic heterocycles. The van der Waals surface area contributed by atoms with Crippen LogP contribution in [0.2, 0.25) is 0 Å². The second kappa shape index (κ2) is 9.30. The van der Waals surface area contributed by atoms with Gasteiger partial charge in [0.1, 0.15) is 11.4 Å². The van der Waals surface area contributed by atoms with Crippen LogP contribution in [0.15, 0.2) is 30.3 Å². The van der Waals surface area contributed by atoms with Crippen molar-refractivity contribution in [3.8, 4) is 0 Å². The predicted molar refractivity (Wildman–Crippen MR) is 115 cm³/mol. The molecule has 1 fully saturated rings. The van der Waals surface area contributed by atoms with E-state index in [0.717, 1.165) is 5.69 Å². The summed E-state index contributed by atoms with van der Waals surface area (Å²) in [4.78, 5) is 25.0. The van der Waals surface area contributed by atoms with E-state index >= 15 is 0 Å². The SMILES string of the molecule is COC(=O)c1cc(NC(C)c2cc(F)ccc2N2CCC(O)CC2)cc(C)c1[N+](=O)[O-]. The number of aryl methyl sites for hydroxylation is 1. The molecule has 0 spiro atoms. The summed E-state index contributed by atoms with van der Waals surface area (Å²) >= 11 is 0. The number of nitrogens with one attached hydrogen (secondary N) is 1. The van der Waals surface area contributed by atoms with Gasteiger partial charge in [-0.1, -0.05) is 0 Å². The van der Waals surface area contributed by atoms with E-state index in [9.17, 15) is 24.4 Å². The number of benzene rings is 2. The maximum Gasteiger partial charge on any atom is 0.344 e. The highest BCUT2D eigenvalue weighted by molar-refractivity contribution is 5.95. The van der Waals surface area contributed by atoms with Crippen LogP contribution in [0.4, 0.5) is 21.5 Å². The van der Waals surface area contributed by atoms with Gasteiger partial charge in [-0.15, -0.1) is 0 Å². The van der Waals surface area contributed by atoms with Gasteiger partial charge in [-0.25, -0.2) is 9.18 Å². The molecule has 1 heterocycles. The zero-order chi connectivity index (χ0) is 22.7. The second-order valence-electron chi connectivity index (χ2n) is 7.73. The van der Waals surface area contributed by atoms with Crippen molar-refractivity contribution in [3.63, 3.8) is 0 Å². The Kier molecular flexibility index (Phi) is 6.74. The summed E-state index contributed by atoms with van der Waals surface area (Å²) < 4.78 is 18.8. The lowest BCUT2D eigenvalue weighted by atomic mass is 10.0. The highest BCUT2D eigenvalue weighted by Crippen LogP contribution is 2.34. The van der Waals surface area contributed by atoms with Gasteiger partial charge in [0.15, 0.2) is 0 Å². The number of carbonyl (C=O) groups excluding carboxylic acids is 1. The van der Waals surface area contributed by atoms with Crippen molar-refractivity contribution >= 4 is 23.0 Å². The van der Waals surface area contributed by atoms with Gasteiger partial charge in [-0.2, -0.15) is 0 Å². The van der Waals surface area contributed by atoms with E-state index < -0.39 is 10.9 Å². The summed E-state index contributed by atoms with van der Waals surface area (Å²) in [5.74, 6) is -1.18. The molecular formula is C22H26FN3O5. The number of rotatable bonds is 6. The fourth-order valence-corrected chi connectivity index (χ4v) is 3.97. The highest BCUT2D eigenvalue weighted by Gasteiger charge is 2.26. The van der Waals surface area contributed by atoms with Gasteiger partial charge in [-0.05, 0) is 57.0 Å². The number of hydrogen-bond acceptors (Lipinski definition) is 7. The second-order valence-corrected chi connectivity index (χ2v) is 7.73. The summed E-state index contributed by atoms with van der Waals surface area (Å²) in [7, 11) is 1.17. The lowest BCUT2D eigenvalue weighted by molar-refractivity contribution is -0.385. The van der Waals surface area contributed by atoms with Crippen molar-refractivity contribution in [2.24, 2.45) is 0 Å². The van der Waals surface area contributed by atoms with Crippen LogP contribution < -0.4 is 10.2 Å². The Hall–Kier alpha value is -3.20. The van der Waals surface area contributed by atoms with Gasteiger partial charge in [0, 0.05) is 35.6 Å². The number of hydrogen-bond donors (Lipinski definition) is 2. The summed E-state index contributed by atoms with van der Waals surface area (Å²) in [6, 6.07) is 7.19. The zero-order valence-electron chi connectivity index (χ0n) is 17.7. The summed E-state index contributed by atoms with van der Waals surface area (Å²) in [5.41, 5.74) is 1.93. The molecule has 3 rings (SSSR count). The van der Waals surface area contributed by atoms with E-state index in [1.807, 2.05) is 6.92 Å². The number of ether oxygens (including phenoxy) is 1. The van der Waals surface area contributed by atoms with Crippen LogP contribution in [0.3, 0.4) is 0 Å². The van der Waals surface area contributed by atoms with Gasteiger partial charge in [0.05, 0.1) is 24.2 Å². The molecular weight excluding hydrogens is 405 g/mol. The fraction of sp³-hybridized carbons (Fsp3) is 0.409. The minimum absolute atomic E-state index is 0.147. The minimum atomic E-state index is -0.801. The molecule has 1 unspecified atom stereocenters. The Morgan fingerprint density at radius 1 is 1.32 bits per heavy atom. The minimum Gasteiger partial charge on any atom is -0.465 e. The van der Waals surface area contributed by atoms with E-state index in [1.54, 1.807) is 19.1 Å². The Morgan fingerprint density at radius 2 is 2.00 bits per heavy atom. The number of halogens is 1. The number of aliphatic hydroxyl groups is 1. The monoisotopic (exact) mass is 431 g/mol. The summed E-state index contributed by atoms with van der Waals surface area (Å²) in [6.07, 6.45) is 0.959. The van der Waals surface area contributed by atoms with Crippen LogP contribution in [-0.2, 0) is 4.74 Å². The number of anilines is 2. The highest BCUT2D eigenvalue weighted by atomic mass is 19.1. The fourth-order valence-electron chi connectivity index (χ4n) is 3.97. The third kappa shape index (κ3) is 4.93. The molecule has 2 aromatic carbocycles. The maximum atomic E-state index is 14.1. The molecule has 1 atom stereocenters. The Morgan fingerprint density at radius 3 is 2.61 bits per heavy atom. The normalized spacial score (nSPS) is 15.5. The smallest absolute Gasteiger partial charge is 0.344 e. The standard InChI is InChI=1S/C22H26FN3O5/c1-13-10-16(12-19(22(28)31-3)21(13)26(29)30)24-14(2)18-11-15(23)4-5-20(18)25-8-6-17(27)7-9-25/h4-5,10-12,14,17,24,27H,6-9H2,1-3H3. The van der Waals surface area contributed by atoms with Crippen LogP contribution in [0, 0.1) is 22.9 Å². The molecule has 2 aromatic rings. The van der Waals surface area contributed by atoms with Crippen molar-refractivity contribution in [2.75, 3.05) is 30.4 Å². The molecule has 0 aliphatic carbocycles. The number of nitro benzene ring substituents is 1. The van der Waals surface area contributed by atoms with Gasteiger partial charge in [-0.3, -0.25) is 10.1 Å². The lowest BCUT2D eigenvalue weighted by Crippen LogP contribution is -2.36. The molecule has 1 aliphatic rings. The molecule has 0 amide bonds. The third-order valence-corrected chi connectivity index (χ3v) is 5.53. The first-order valence-corrected chi connectivity index (χ1v) is 10.1. The van der Waals surface area contributed by atoms with Crippen LogP contribution in [0.25, 0.3) is 0 Å². The number of nitro groups is 1. The first kappa shape index (κ1) is 22.5. The van der Waals surface area contributed by atoms with E-state index in [4.69, 9.17) is 4.74 Å². The lowest BCUT2D eigenvalue weighted by Gasteiger charge is -2.34. The number of piperidine rings is 1. The molecule has 1 saturated heterocycles. The number of methoxy groups -OCH3 is 1. The first-order chi connectivity index (χ1) is 14.7. The molecule has 0 aromatic heterocycles. The molecule has 8 nitrogen and oxygen atoms in total. The van der Waals surface area contributed by atoms with Crippen LogP contribution in [0.5, 0.6) is 0 Å². The van der Waals surface area contributed by atoms with Crippen LogP contribution >= 0.6 is 0 Å². The van der Waals surface area contributed by atoms with Crippen molar-refractivity contribution in [1.29, 1.82) is 0 Å². The number of aliphatic hydroxyl groups excluding tert-OH is 1. The van der Waals surface area contributed by atoms with Crippen LogP contribution in [0.1, 0.15) is 47.3 Å². The average molecular weight is 431 g/mol. The Bertz CT molecular complexity index is 989. The Balaban J connectivity index is 1.94. The zero-order valence-corrected chi connectivity index (χ0v) is 17.7. The van der Waals surface area contributed by atoms with E-state index in [2.05, 4.69) is 10.2 Å². The number of esters is 1. The average Bonchev–Trinajstić information content (AvgIpc) is 2.73. The molecule has 2 N–H and O–H groups in total. The summed E-state index contributed by atoms with van der Waals surface area (Å²) in [6.45, 7) is 4.73. The Labute approximate surface area is 179 Å². The van der Waals surface area contributed by atoms with E-state index in [1.165, 1.54) is 25.3 Å². The van der Waals surface area contributed by atoms with Crippen molar-refractivity contribution in [2.45, 2.75) is 38.8 Å². The summed E-state index contributed by atoms with van der Waals surface area (Å²) in [5, 5.41) is 24.4. The number of carbonyl (C=O) groups is 1. The largest absolute Gasteiger partial charge is 0.465 e. The van der Waals surface area contributed by atoms with Gasteiger partial charge >= 0.3 is 5.97 Å². The van der Waals surface area contributed by atoms with E-state index in [-0.39, 0.29) is 29.2 Å². The van der Waals surface area contributed by atoms with Gasteiger partial charge in [0.2, 0.25) is 0 Å². The van der Waals surface area contributed by atoms with Crippen molar-refractivity contribution < 1.29 is 24.0 Å². The maximum absolute atomic E-state index is 14.1. The predicted octanol–water partition coefficient (Wildman–Crippen LogP) is 3.96. The molecule has 0 bridgehead atoms. The third-order valence-electron chi connectivity index (χ3n) is 5.53. The van der Waals surface area contributed by atoms with Crippen LogP contribution in [-0.4, -0.2) is 42.3 Å². The molecule has 0 radical (unpaired) electrons. The topological polar surface area (TPSA) is 105 Å². The van der Waals surface area contributed by atoms with Gasteiger partial charge in [0.25, 0.3) is 5.69 Å². The molecule has 166 valence electrons. The van der Waals surface area contributed by atoms with Crippen molar-refractivity contribution in [3.05, 3.63) is 63.0 Å². The molecule has 0 saturated carbocycles. The molecule has 9 heteroatoms. The van der Waals surface area contributed by atoms with Gasteiger partial charge < -0.3 is 20.1 Å². The quantitative estimate of drug-likeness (QED) is 0.405.